The van der Waals surface area contributed by atoms with Crippen LogP contribution in [0.1, 0.15) is 12.0 Å². The SMILES string of the molecule is O=C=NCc1ccc2c(c1F)OCCCO2. The maximum absolute atomic E-state index is 13.9. The number of halogens is 1. The average Bonchev–Trinajstić information content (AvgIpc) is 2.54. The summed E-state index contributed by atoms with van der Waals surface area (Å²) in [7, 11) is 0. The Bertz CT molecular complexity index is 441. The molecular formula is C11H10FNO3. The molecule has 2 rings (SSSR count). The lowest BCUT2D eigenvalue weighted by molar-refractivity contribution is 0.291. The first-order chi connectivity index (χ1) is 7.83. The summed E-state index contributed by atoms with van der Waals surface area (Å²) in [5.74, 6) is -0.0108. The van der Waals surface area contributed by atoms with Gasteiger partial charge in [0.15, 0.2) is 17.3 Å². The molecule has 1 aliphatic rings. The highest BCUT2D eigenvalue weighted by molar-refractivity contribution is 5.45. The van der Waals surface area contributed by atoms with E-state index in [0.29, 0.717) is 24.5 Å². The third-order valence-corrected chi connectivity index (χ3v) is 2.25. The van der Waals surface area contributed by atoms with E-state index >= 15 is 0 Å². The van der Waals surface area contributed by atoms with Crippen molar-refractivity contribution in [2.24, 2.45) is 4.99 Å². The summed E-state index contributed by atoms with van der Waals surface area (Å²) in [6.07, 6.45) is 2.09. The van der Waals surface area contributed by atoms with Crippen LogP contribution in [0, 0.1) is 5.82 Å². The molecule has 0 bridgehead atoms. The number of fused-ring (bicyclic) bond motifs is 1. The van der Waals surface area contributed by atoms with Gasteiger partial charge in [-0.05, 0) is 6.07 Å². The van der Waals surface area contributed by atoms with Crippen molar-refractivity contribution in [2.75, 3.05) is 13.2 Å². The molecule has 0 aromatic heterocycles. The molecule has 0 fully saturated rings. The number of benzene rings is 1. The minimum Gasteiger partial charge on any atom is -0.489 e. The van der Waals surface area contributed by atoms with Gasteiger partial charge in [-0.1, -0.05) is 6.07 Å². The van der Waals surface area contributed by atoms with Crippen LogP contribution in [0.15, 0.2) is 17.1 Å². The molecule has 0 atom stereocenters. The molecule has 0 unspecified atom stereocenters. The predicted octanol–water partition coefficient (Wildman–Crippen LogP) is 1.82. The van der Waals surface area contributed by atoms with Crippen LogP contribution >= 0.6 is 0 Å². The highest BCUT2D eigenvalue weighted by Gasteiger charge is 2.18. The summed E-state index contributed by atoms with van der Waals surface area (Å²) in [4.78, 5) is 13.3. The first kappa shape index (κ1) is 10.6. The number of rotatable bonds is 2. The Labute approximate surface area is 91.7 Å². The van der Waals surface area contributed by atoms with E-state index in [9.17, 15) is 9.18 Å². The molecule has 0 amide bonds. The summed E-state index contributed by atoms with van der Waals surface area (Å²) >= 11 is 0. The molecular weight excluding hydrogens is 213 g/mol. The fourth-order valence-electron chi connectivity index (χ4n) is 1.48. The monoisotopic (exact) mass is 223 g/mol. The molecule has 1 aliphatic heterocycles. The highest BCUT2D eigenvalue weighted by Crippen LogP contribution is 2.34. The Morgan fingerprint density at radius 3 is 3.00 bits per heavy atom. The Kier molecular flexibility index (Phi) is 3.17. The van der Waals surface area contributed by atoms with E-state index in [1.165, 1.54) is 12.1 Å². The summed E-state index contributed by atoms with van der Waals surface area (Å²) in [6, 6.07) is 3.16. The maximum Gasteiger partial charge on any atom is 0.235 e. The number of hydrogen-bond donors (Lipinski definition) is 0. The summed E-state index contributed by atoms with van der Waals surface area (Å²) in [5, 5.41) is 0. The van der Waals surface area contributed by atoms with Gasteiger partial charge in [0.05, 0.1) is 19.8 Å². The van der Waals surface area contributed by atoms with E-state index in [-0.39, 0.29) is 12.3 Å². The van der Waals surface area contributed by atoms with Gasteiger partial charge >= 0.3 is 0 Å². The van der Waals surface area contributed by atoms with Crippen molar-refractivity contribution in [1.82, 2.24) is 0 Å². The maximum atomic E-state index is 13.9. The van der Waals surface area contributed by atoms with Crippen LogP contribution in [-0.4, -0.2) is 19.3 Å². The van der Waals surface area contributed by atoms with Crippen LogP contribution in [0.3, 0.4) is 0 Å². The number of ether oxygens (including phenoxy) is 2. The molecule has 1 heterocycles. The van der Waals surface area contributed by atoms with Gasteiger partial charge in [-0.25, -0.2) is 14.2 Å². The molecule has 0 aliphatic carbocycles. The standard InChI is InChI=1S/C11H10FNO3/c12-10-8(6-13-7-14)2-3-9-11(10)16-5-1-4-15-9/h2-3H,1,4-6H2. The van der Waals surface area contributed by atoms with Gasteiger partial charge in [-0.15, -0.1) is 0 Å². The topological polar surface area (TPSA) is 47.9 Å². The van der Waals surface area contributed by atoms with Gasteiger partial charge in [0.2, 0.25) is 6.08 Å². The molecule has 0 saturated heterocycles. The minimum absolute atomic E-state index is 0.0357. The summed E-state index contributed by atoms with van der Waals surface area (Å²) in [5.41, 5.74) is 0.299. The Balaban J connectivity index is 2.37. The van der Waals surface area contributed by atoms with Gasteiger partial charge < -0.3 is 9.47 Å². The lowest BCUT2D eigenvalue weighted by atomic mass is 10.2. The van der Waals surface area contributed by atoms with E-state index in [1.54, 1.807) is 6.07 Å². The first-order valence-electron chi connectivity index (χ1n) is 4.93. The van der Waals surface area contributed by atoms with E-state index in [1.807, 2.05) is 0 Å². The van der Waals surface area contributed by atoms with Crippen molar-refractivity contribution in [3.05, 3.63) is 23.5 Å². The Morgan fingerprint density at radius 2 is 2.19 bits per heavy atom. The van der Waals surface area contributed by atoms with Crippen molar-refractivity contribution in [3.8, 4) is 11.5 Å². The highest BCUT2D eigenvalue weighted by atomic mass is 19.1. The van der Waals surface area contributed by atoms with Crippen molar-refractivity contribution in [1.29, 1.82) is 0 Å². The first-order valence-corrected chi connectivity index (χ1v) is 4.93. The molecule has 4 nitrogen and oxygen atoms in total. The van der Waals surface area contributed by atoms with Crippen molar-refractivity contribution < 1.29 is 18.7 Å². The second-order valence-corrected chi connectivity index (χ2v) is 3.32. The lowest BCUT2D eigenvalue weighted by Gasteiger charge is -2.09. The minimum atomic E-state index is -0.515. The predicted molar refractivity (Wildman–Crippen MR) is 53.8 cm³/mol. The van der Waals surface area contributed by atoms with Crippen LogP contribution < -0.4 is 9.47 Å². The Hall–Kier alpha value is -1.87. The molecule has 1 aromatic carbocycles. The number of isocyanates is 1. The zero-order valence-corrected chi connectivity index (χ0v) is 8.53. The van der Waals surface area contributed by atoms with Gasteiger partial charge in [-0.2, -0.15) is 0 Å². The summed E-state index contributed by atoms with van der Waals surface area (Å²) in [6.45, 7) is 0.897. The molecule has 84 valence electrons. The fraction of sp³-hybridized carbons (Fsp3) is 0.364. The number of hydrogen-bond acceptors (Lipinski definition) is 4. The van der Waals surface area contributed by atoms with Crippen LogP contribution in [0.25, 0.3) is 0 Å². The number of carbonyl (C=O) groups excluding carboxylic acids is 1. The average molecular weight is 223 g/mol. The van der Waals surface area contributed by atoms with Gasteiger partial charge in [0, 0.05) is 12.0 Å². The van der Waals surface area contributed by atoms with E-state index < -0.39 is 5.82 Å². The van der Waals surface area contributed by atoms with Gasteiger partial charge in [0.25, 0.3) is 0 Å². The molecule has 0 N–H and O–H groups in total. The van der Waals surface area contributed by atoms with Crippen LogP contribution in [0.4, 0.5) is 4.39 Å². The molecule has 0 radical (unpaired) electrons. The number of aliphatic imine (C=N–C) groups is 1. The second-order valence-electron chi connectivity index (χ2n) is 3.32. The quantitative estimate of drug-likeness (QED) is 0.567. The van der Waals surface area contributed by atoms with E-state index in [0.717, 1.165) is 6.42 Å². The normalized spacial score (nSPS) is 13.8. The molecule has 0 spiro atoms. The van der Waals surface area contributed by atoms with Crippen LogP contribution in [0.2, 0.25) is 0 Å². The fourth-order valence-corrected chi connectivity index (χ4v) is 1.48. The summed E-state index contributed by atoms with van der Waals surface area (Å²) < 4.78 is 24.4. The van der Waals surface area contributed by atoms with Crippen molar-refractivity contribution in [3.63, 3.8) is 0 Å². The van der Waals surface area contributed by atoms with Crippen LogP contribution in [-0.2, 0) is 11.3 Å². The smallest absolute Gasteiger partial charge is 0.235 e. The zero-order chi connectivity index (χ0) is 11.4. The third-order valence-electron chi connectivity index (χ3n) is 2.25. The van der Waals surface area contributed by atoms with Crippen molar-refractivity contribution >= 4 is 6.08 Å². The Morgan fingerprint density at radius 1 is 1.38 bits per heavy atom. The molecule has 5 heteroatoms. The third kappa shape index (κ3) is 2.04. The number of nitrogens with zero attached hydrogens (tertiary/aromatic N) is 1. The van der Waals surface area contributed by atoms with Gasteiger partial charge in [0.1, 0.15) is 0 Å². The zero-order valence-electron chi connectivity index (χ0n) is 8.53. The molecule has 1 aromatic rings. The van der Waals surface area contributed by atoms with E-state index in [2.05, 4.69) is 4.99 Å². The second kappa shape index (κ2) is 4.77. The largest absolute Gasteiger partial charge is 0.489 e. The lowest BCUT2D eigenvalue weighted by Crippen LogP contribution is -1.99. The molecule has 0 saturated carbocycles. The van der Waals surface area contributed by atoms with Crippen LogP contribution in [0.5, 0.6) is 11.5 Å². The van der Waals surface area contributed by atoms with Crippen molar-refractivity contribution in [2.45, 2.75) is 13.0 Å². The molecule has 16 heavy (non-hydrogen) atoms. The van der Waals surface area contributed by atoms with E-state index in [4.69, 9.17) is 9.47 Å². The van der Waals surface area contributed by atoms with Gasteiger partial charge in [-0.3, -0.25) is 0 Å².